The van der Waals surface area contributed by atoms with Gasteiger partial charge in [-0.15, -0.1) is 0 Å². The van der Waals surface area contributed by atoms with Gasteiger partial charge in [0, 0.05) is 44.3 Å². The van der Waals surface area contributed by atoms with Crippen LogP contribution in [-0.2, 0) is 11.3 Å². The van der Waals surface area contributed by atoms with Crippen LogP contribution in [0, 0.1) is 0 Å². The Hall–Kier alpha value is -1.17. The summed E-state index contributed by atoms with van der Waals surface area (Å²) in [6.07, 6.45) is 1.03. The van der Waals surface area contributed by atoms with Gasteiger partial charge in [0.15, 0.2) is 0 Å². The number of hydrogen-bond donors (Lipinski definition) is 0. The SMILES string of the molecule is CC(C)(C)OCc1cccc(OCCCN2CCN(C(C)(C)C)CC2)n1. The summed E-state index contributed by atoms with van der Waals surface area (Å²) in [7, 11) is 0. The lowest BCUT2D eigenvalue weighted by molar-refractivity contribution is -0.0166. The molecule has 26 heavy (non-hydrogen) atoms. The van der Waals surface area contributed by atoms with Gasteiger partial charge in [0.05, 0.1) is 24.5 Å². The highest BCUT2D eigenvalue weighted by molar-refractivity contribution is 5.15. The molecule has 1 saturated heterocycles. The Balaban J connectivity index is 1.66. The Labute approximate surface area is 159 Å². The highest BCUT2D eigenvalue weighted by Gasteiger charge is 2.25. The monoisotopic (exact) mass is 363 g/mol. The Morgan fingerprint density at radius 1 is 1.00 bits per heavy atom. The van der Waals surface area contributed by atoms with Crippen LogP contribution in [-0.4, -0.2) is 65.3 Å². The summed E-state index contributed by atoms with van der Waals surface area (Å²) in [4.78, 5) is 9.63. The molecule has 2 heterocycles. The third kappa shape index (κ3) is 7.60. The van der Waals surface area contributed by atoms with E-state index in [4.69, 9.17) is 9.47 Å². The van der Waals surface area contributed by atoms with Crippen LogP contribution < -0.4 is 4.74 Å². The van der Waals surface area contributed by atoms with Gasteiger partial charge in [-0.25, -0.2) is 4.98 Å². The Bertz CT molecular complexity index is 541. The van der Waals surface area contributed by atoms with Crippen molar-refractivity contribution in [1.29, 1.82) is 0 Å². The normalized spacial score (nSPS) is 17.5. The minimum Gasteiger partial charge on any atom is -0.478 e. The van der Waals surface area contributed by atoms with Crippen LogP contribution in [0.3, 0.4) is 0 Å². The number of aromatic nitrogens is 1. The van der Waals surface area contributed by atoms with Crippen LogP contribution in [0.5, 0.6) is 5.88 Å². The van der Waals surface area contributed by atoms with Crippen molar-refractivity contribution in [2.75, 3.05) is 39.3 Å². The van der Waals surface area contributed by atoms with E-state index in [0.29, 0.717) is 19.1 Å². The second-order valence-corrected chi connectivity index (χ2v) is 9.07. The minimum absolute atomic E-state index is 0.157. The van der Waals surface area contributed by atoms with Gasteiger partial charge in [-0.3, -0.25) is 4.90 Å². The summed E-state index contributed by atoms with van der Waals surface area (Å²) in [5.41, 5.74) is 1.04. The second-order valence-electron chi connectivity index (χ2n) is 9.07. The summed E-state index contributed by atoms with van der Waals surface area (Å²) >= 11 is 0. The van der Waals surface area contributed by atoms with Crippen LogP contribution in [0.4, 0.5) is 0 Å². The number of pyridine rings is 1. The maximum atomic E-state index is 5.84. The van der Waals surface area contributed by atoms with Crippen molar-refractivity contribution in [2.45, 2.75) is 65.7 Å². The summed E-state index contributed by atoms with van der Waals surface area (Å²) in [6, 6.07) is 5.88. The maximum absolute atomic E-state index is 5.84. The van der Waals surface area contributed by atoms with Gasteiger partial charge in [-0.2, -0.15) is 0 Å². The van der Waals surface area contributed by atoms with E-state index in [0.717, 1.165) is 44.8 Å². The summed E-state index contributed by atoms with van der Waals surface area (Å²) in [5.74, 6) is 0.692. The molecular weight excluding hydrogens is 326 g/mol. The molecular formula is C21H37N3O2. The molecule has 0 bridgehead atoms. The third-order valence-corrected chi connectivity index (χ3v) is 4.62. The fourth-order valence-electron chi connectivity index (χ4n) is 3.02. The average molecular weight is 364 g/mol. The van der Waals surface area contributed by atoms with E-state index >= 15 is 0 Å². The van der Waals surface area contributed by atoms with E-state index in [1.165, 1.54) is 0 Å². The Morgan fingerprint density at radius 2 is 1.69 bits per heavy atom. The maximum Gasteiger partial charge on any atom is 0.213 e. The number of ether oxygens (including phenoxy) is 2. The lowest BCUT2D eigenvalue weighted by atomic mass is 10.0. The summed E-state index contributed by atoms with van der Waals surface area (Å²) < 4.78 is 11.6. The minimum atomic E-state index is -0.157. The fraction of sp³-hybridized carbons (Fsp3) is 0.762. The zero-order chi connectivity index (χ0) is 19.2. The molecule has 1 aliphatic heterocycles. The van der Waals surface area contributed by atoms with Crippen molar-refractivity contribution in [1.82, 2.24) is 14.8 Å². The Morgan fingerprint density at radius 3 is 2.31 bits per heavy atom. The van der Waals surface area contributed by atoms with E-state index in [1.54, 1.807) is 0 Å². The molecule has 0 N–H and O–H groups in total. The first-order valence-corrected chi connectivity index (χ1v) is 9.84. The highest BCUT2D eigenvalue weighted by atomic mass is 16.5. The highest BCUT2D eigenvalue weighted by Crippen LogP contribution is 2.16. The molecule has 0 aromatic carbocycles. The van der Waals surface area contributed by atoms with Crippen molar-refractivity contribution in [2.24, 2.45) is 0 Å². The molecule has 1 aromatic heterocycles. The van der Waals surface area contributed by atoms with E-state index in [1.807, 2.05) is 18.2 Å². The molecule has 1 aliphatic rings. The van der Waals surface area contributed by atoms with Crippen LogP contribution in [0.15, 0.2) is 18.2 Å². The number of hydrogen-bond acceptors (Lipinski definition) is 5. The molecule has 0 radical (unpaired) electrons. The lowest BCUT2D eigenvalue weighted by Gasteiger charge is -2.42. The average Bonchev–Trinajstić information content (AvgIpc) is 2.56. The summed E-state index contributed by atoms with van der Waals surface area (Å²) in [5, 5.41) is 0. The molecule has 2 rings (SSSR count). The van der Waals surface area contributed by atoms with E-state index in [-0.39, 0.29) is 11.1 Å². The molecule has 0 amide bonds. The van der Waals surface area contributed by atoms with Crippen molar-refractivity contribution in [3.63, 3.8) is 0 Å². The molecule has 0 atom stereocenters. The quantitative estimate of drug-likeness (QED) is 0.692. The predicted octanol–water partition coefficient (Wildman–Crippen LogP) is 3.58. The van der Waals surface area contributed by atoms with Crippen LogP contribution >= 0.6 is 0 Å². The van der Waals surface area contributed by atoms with Crippen LogP contribution in [0.1, 0.15) is 53.7 Å². The molecule has 1 fully saturated rings. The van der Waals surface area contributed by atoms with Crippen molar-refractivity contribution >= 4 is 0 Å². The standard InChI is InChI=1S/C21H37N3O2/c1-20(2,3)24-14-12-23(13-15-24)11-8-16-25-19-10-7-9-18(22-19)17-26-21(4,5)6/h7,9-10H,8,11-17H2,1-6H3. The van der Waals surface area contributed by atoms with E-state index in [2.05, 4.69) is 56.3 Å². The number of rotatable bonds is 7. The van der Waals surface area contributed by atoms with Gasteiger partial charge in [0.2, 0.25) is 5.88 Å². The molecule has 0 saturated carbocycles. The van der Waals surface area contributed by atoms with Crippen molar-refractivity contribution < 1.29 is 9.47 Å². The van der Waals surface area contributed by atoms with Crippen LogP contribution in [0.2, 0.25) is 0 Å². The molecule has 5 nitrogen and oxygen atoms in total. The van der Waals surface area contributed by atoms with Crippen molar-refractivity contribution in [3.05, 3.63) is 23.9 Å². The van der Waals surface area contributed by atoms with E-state index in [9.17, 15) is 0 Å². The number of piperazine rings is 1. The second kappa shape index (κ2) is 9.16. The predicted molar refractivity (Wildman–Crippen MR) is 107 cm³/mol. The van der Waals surface area contributed by atoms with Gasteiger partial charge >= 0.3 is 0 Å². The first-order valence-electron chi connectivity index (χ1n) is 9.84. The lowest BCUT2D eigenvalue weighted by Crippen LogP contribution is -2.53. The first-order chi connectivity index (χ1) is 12.1. The number of nitrogens with zero attached hydrogens (tertiary/aromatic N) is 3. The van der Waals surface area contributed by atoms with Gasteiger partial charge < -0.3 is 14.4 Å². The Kier molecular flexibility index (Phi) is 7.44. The van der Waals surface area contributed by atoms with E-state index < -0.39 is 0 Å². The first kappa shape index (κ1) is 21.1. The van der Waals surface area contributed by atoms with Gasteiger partial charge in [0.25, 0.3) is 0 Å². The third-order valence-electron chi connectivity index (χ3n) is 4.62. The molecule has 0 aliphatic carbocycles. The van der Waals surface area contributed by atoms with Gasteiger partial charge in [-0.1, -0.05) is 6.07 Å². The topological polar surface area (TPSA) is 37.8 Å². The van der Waals surface area contributed by atoms with Gasteiger partial charge in [-0.05, 0) is 54.0 Å². The largest absolute Gasteiger partial charge is 0.478 e. The zero-order valence-electron chi connectivity index (χ0n) is 17.5. The van der Waals surface area contributed by atoms with Crippen molar-refractivity contribution in [3.8, 4) is 5.88 Å². The van der Waals surface area contributed by atoms with Crippen LogP contribution in [0.25, 0.3) is 0 Å². The molecule has 0 spiro atoms. The smallest absolute Gasteiger partial charge is 0.213 e. The summed E-state index contributed by atoms with van der Waals surface area (Å²) in [6.45, 7) is 19.9. The molecule has 1 aromatic rings. The van der Waals surface area contributed by atoms with Gasteiger partial charge in [0.1, 0.15) is 0 Å². The molecule has 0 unspecified atom stereocenters. The zero-order valence-corrected chi connectivity index (χ0v) is 17.5. The fourth-order valence-corrected chi connectivity index (χ4v) is 3.02. The molecule has 148 valence electrons. The molecule has 5 heteroatoms.